The number of methoxy groups -OCH3 is 1. The largest absolute Gasteiger partial charge is 0.494 e. The molecule has 4 nitrogen and oxygen atoms in total. The van der Waals surface area contributed by atoms with Gasteiger partial charge in [0.05, 0.1) is 17.2 Å². The molecule has 6 heteroatoms. The summed E-state index contributed by atoms with van der Waals surface area (Å²) in [6, 6.07) is 2.89. The van der Waals surface area contributed by atoms with E-state index in [1.54, 1.807) is 0 Å². The van der Waals surface area contributed by atoms with E-state index in [-0.39, 0.29) is 26.9 Å². The molecule has 0 atom stereocenters. The third-order valence-electron chi connectivity index (χ3n) is 4.56. The zero-order valence-corrected chi connectivity index (χ0v) is 18.6. The van der Waals surface area contributed by atoms with Gasteiger partial charge in [0.1, 0.15) is 5.56 Å². The Bertz CT molecular complexity index is 543. The molecule has 0 aromatic heterocycles. The number of unbranched alkanes of at least 4 members (excludes halogenated alkanes) is 3. The van der Waals surface area contributed by atoms with E-state index in [0.717, 1.165) is 0 Å². The zero-order valence-electron chi connectivity index (χ0n) is 17.1. The van der Waals surface area contributed by atoms with Crippen LogP contribution in [0.2, 0.25) is 10.0 Å². The molecule has 1 rings (SSSR count). The van der Waals surface area contributed by atoms with E-state index < -0.39 is 5.97 Å². The van der Waals surface area contributed by atoms with Crippen LogP contribution in [0.1, 0.15) is 88.9 Å². The number of benzene rings is 1. The molecule has 0 aliphatic rings. The highest BCUT2D eigenvalue weighted by Gasteiger charge is 2.22. The minimum atomic E-state index is -1.16. The van der Waals surface area contributed by atoms with Gasteiger partial charge in [0, 0.05) is 5.54 Å². The summed E-state index contributed by atoms with van der Waals surface area (Å²) in [5.74, 6) is -1.08. The molecule has 27 heavy (non-hydrogen) atoms. The van der Waals surface area contributed by atoms with Crippen molar-refractivity contribution in [3.05, 3.63) is 27.7 Å². The van der Waals surface area contributed by atoms with Crippen molar-refractivity contribution in [2.45, 2.75) is 84.1 Å². The number of nitrogens with two attached hydrogens (primary N) is 1. The van der Waals surface area contributed by atoms with E-state index in [1.165, 1.54) is 77.0 Å². The summed E-state index contributed by atoms with van der Waals surface area (Å²) in [5.41, 5.74) is 6.50. The van der Waals surface area contributed by atoms with Gasteiger partial charge in [0.2, 0.25) is 0 Å². The first-order chi connectivity index (χ1) is 12.8. The molecular weight excluding hydrogens is 385 g/mol. The van der Waals surface area contributed by atoms with Crippen LogP contribution in [0.25, 0.3) is 0 Å². The fourth-order valence-electron chi connectivity index (χ4n) is 2.89. The fraction of sp³-hybridized carbons (Fsp3) is 0.667. The van der Waals surface area contributed by atoms with E-state index in [0.29, 0.717) is 0 Å². The second-order valence-corrected chi connectivity index (χ2v) is 7.73. The Hall–Kier alpha value is -0.970. The quantitative estimate of drug-likeness (QED) is 0.406. The predicted octanol–water partition coefficient (Wildman–Crippen LogP) is 6.95. The molecule has 0 heterocycles. The Morgan fingerprint density at radius 2 is 1.41 bits per heavy atom. The first kappa shape index (κ1) is 26.0. The van der Waals surface area contributed by atoms with Crippen molar-refractivity contribution in [2.24, 2.45) is 5.73 Å². The van der Waals surface area contributed by atoms with Crippen molar-refractivity contribution in [3.8, 4) is 5.75 Å². The molecule has 0 aliphatic carbocycles. The lowest BCUT2D eigenvalue weighted by Crippen LogP contribution is -2.39. The van der Waals surface area contributed by atoms with Gasteiger partial charge in [-0.1, -0.05) is 82.5 Å². The van der Waals surface area contributed by atoms with Gasteiger partial charge in [-0.2, -0.15) is 0 Å². The highest BCUT2D eigenvalue weighted by Crippen LogP contribution is 2.33. The Labute approximate surface area is 174 Å². The third kappa shape index (κ3) is 9.68. The lowest BCUT2D eigenvalue weighted by Gasteiger charge is -2.29. The molecule has 156 valence electrons. The number of hydrogen-bond acceptors (Lipinski definition) is 3. The van der Waals surface area contributed by atoms with Gasteiger partial charge in [-0.05, 0) is 31.4 Å². The van der Waals surface area contributed by atoms with Crippen LogP contribution < -0.4 is 10.5 Å². The van der Waals surface area contributed by atoms with Crippen molar-refractivity contribution in [1.29, 1.82) is 0 Å². The summed E-state index contributed by atoms with van der Waals surface area (Å²) >= 11 is 11.4. The SMILES string of the molecule is CCCCC(N)(CCCC)CCCC.COc1c(Cl)ccc(Cl)c1C(=O)O. The van der Waals surface area contributed by atoms with Crippen molar-refractivity contribution >= 4 is 29.2 Å². The van der Waals surface area contributed by atoms with Gasteiger partial charge in [0.15, 0.2) is 5.75 Å². The summed E-state index contributed by atoms with van der Waals surface area (Å²) < 4.78 is 4.82. The summed E-state index contributed by atoms with van der Waals surface area (Å²) in [5, 5.41) is 9.11. The Morgan fingerprint density at radius 3 is 1.70 bits per heavy atom. The molecule has 0 bridgehead atoms. The van der Waals surface area contributed by atoms with Crippen molar-refractivity contribution < 1.29 is 14.6 Å². The summed E-state index contributed by atoms with van der Waals surface area (Å²) in [6.45, 7) is 6.75. The molecule has 1 aromatic rings. The summed E-state index contributed by atoms with van der Waals surface area (Å²) in [6.07, 6.45) is 11.4. The minimum Gasteiger partial charge on any atom is -0.494 e. The summed E-state index contributed by atoms with van der Waals surface area (Å²) in [7, 11) is 1.34. The standard InChI is InChI=1S/C13H29N.C8H6Cl2O3/c1-4-7-10-13(14,11-8-5-2)12-9-6-3;1-13-7-5(10)3-2-4(9)6(7)8(11)12/h4-12,14H2,1-3H3;2-3H,1H3,(H,11,12). The first-order valence-electron chi connectivity index (χ1n) is 9.80. The van der Waals surface area contributed by atoms with E-state index >= 15 is 0 Å². The number of aromatic carboxylic acids is 1. The number of carbonyl (C=O) groups is 1. The minimum absolute atomic E-state index is 0.0849. The second kappa shape index (κ2) is 14.1. The molecule has 0 unspecified atom stereocenters. The van der Waals surface area contributed by atoms with E-state index in [9.17, 15) is 4.79 Å². The molecular formula is C21H35Cl2NO3. The van der Waals surface area contributed by atoms with Crippen LogP contribution in [0.15, 0.2) is 12.1 Å². The topological polar surface area (TPSA) is 72.5 Å². The number of ether oxygens (including phenoxy) is 1. The van der Waals surface area contributed by atoms with Crippen LogP contribution in [-0.4, -0.2) is 23.7 Å². The van der Waals surface area contributed by atoms with Crippen LogP contribution in [0.4, 0.5) is 0 Å². The average molecular weight is 420 g/mol. The lowest BCUT2D eigenvalue weighted by molar-refractivity contribution is 0.0693. The van der Waals surface area contributed by atoms with Crippen molar-refractivity contribution in [3.63, 3.8) is 0 Å². The van der Waals surface area contributed by atoms with Gasteiger partial charge < -0.3 is 15.6 Å². The normalized spacial score (nSPS) is 10.9. The zero-order chi connectivity index (χ0) is 20.9. The van der Waals surface area contributed by atoms with Gasteiger partial charge >= 0.3 is 5.97 Å². The Morgan fingerprint density at radius 1 is 1.00 bits per heavy atom. The number of halogens is 2. The second-order valence-electron chi connectivity index (χ2n) is 6.92. The molecule has 0 radical (unpaired) electrons. The van der Waals surface area contributed by atoms with Crippen molar-refractivity contribution in [2.75, 3.05) is 7.11 Å². The number of carboxylic acid groups (broad SMARTS) is 1. The fourth-order valence-corrected chi connectivity index (χ4v) is 3.36. The van der Waals surface area contributed by atoms with E-state index in [4.69, 9.17) is 38.8 Å². The molecule has 0 amide bonds. The maximum atomic E-state index is 10.7. The first-order valence-corrected chi connectivity index (χ1v) is 10.6. The molecule has 0 spiro atoms. The average Bonchev–Trinajstić information content (AvgIpc) is 2.65. The van der Waals surface area contributed by atoms with Crippen LogP contribution in [0.5, 0.6) is 5.75 Å². The van der Waals surface area contributed by atoms with E-state index in [1.807, 2.05) is 0 Å². The van der Waals surface area contributed by atoms with Crippen LogP contribution in [0.3, 0.4) is 0 Å². The van der Waals surface area contributed by atoms with Gasteiger partial charge in [-0.3, -0.25) is 0 Å². The van der Waals surface area contributed by atoms with Crippen molar-refractivity contribution in [1.82, 2.24) is 0 Å². The van der Waals surface area contributed by atoms with Gasteiger partial charge in [-0.25, -0.2) is 4.79 Å². The molecule has 0 fully saturated rings. The molecule has 0 saturated heterocycles. The predicted molar refractivity (Wildman–Crippen MR) is 115 cm³/mol. The van der Waals surface area contributed by atoms with Gasteiger partial charge in [-0.15, -0.1) is 0 Å². The Balaban J connectivity index is 0.000000501. The number of hydrogen-bond donors (Lipinski definition) is 2. The lowest BCUT2D eigenvalue weighted by atomic mass is 9.84. The molecule has 0 saturated carbocycles. The van der Waals surface area contributed by atoms with Crippen LogP contribution in [-0.2, 0) is 0 Å². The molecule has 1 aromatic carbocycles. The number of carboxylic acids is 1. The smallest absolute Gasteiger partial charge is 0.341 e. The summed E-state index contributed by atoms with van der Waals surface area (Å²) in [4.78, 5) is 10.7. The van der Waals surface area contributed by atoms with Crippen LogP contribution in [0, 0.1) is 0 Å². The Kier molecular flexibility index (Phi) is 13.6. The maximum Gasteiger partial charge on any atom is 0.341 e. The maximum absolute atomic E-state index is 10.7. The highest BCUT2D eigenvalue weighted by molar-refractivity contribution is 6.36. The monoisotopic (exact) mass is 419 g/mol. The van der Waals surface area contributed by atoms with Crippen LogP contribution >= 0.6 is 23.2 Å². The molecule has 0 aliphatic heterocycles. The van der Waals surface area contributed by atoms with Gasteiger partial charge in [0.25, 0.3) is 0 Å². The number of rotatable bonds is 11. The third-order valence-corrected chi connectivity index (χ3v) is 5.17. The van der Waals surface area contributed by atoms with E-state index in [2.05, 4.69) is 20.8 Å². The highest BCUT2D eigenvalue weighted by atomic mass is 35.5. The molecule has 3 N–H and O–H groups in total.